The van der Waals surface area contributed by atoms with Crippen molar-refractivity contribution in [2.24, 2.45) is 11.5 Å². The molecule has 3 fully saturated rings. The number of aryl methyl sites for hydroxylation is 1. The summed E-state index contributed by atoms with van der Waals surface area (Å²) in [6.45, 7) is 6.37. The summed E-state index contributed by atoms with van der Waals surface area (Å²) >= 11 is 0. The first-order chi connectivity index (χ1) is 46.2. The van der Waals surface area contributed by atoms with Crippen molar-refractivity contribution in [3.63, 3.8) is 0 Å². The van der Waals surface area contributed by atoms with Gasteiger partial charge in [0.05, 0.1) is 59.9 Å². The molecule has 95 heavy (non-hydrogen) atoms. The second-order valence-electron chi connectivity index (χ2n) is 30.0. The van der Waals surface area contributed by atoms with Gasteiger partial charge in [-0.15, -0.1) is 0 Å². The highest BCUT2D eigenvalue weighted by Crippen LogP contribution is 2.48. The summed E-state index contributed by atoms with van der Waals surface area (Å²) in [5.74, 6) is 0.465. The van der Waals surface area contributed by atoms with Crippen LogP contribution in [0.2, 0.25) is 0 Å². The number of rotatable bonds is 16. The summed E-state index contributed by atoms with van der Waals surface area (Å²) in [6.07, 6.45) is 20.1. The zero-order chi connectivity index (χ0) is 65.0. The summed E-state index contributed by atoms with van der Waals surface area (Å²) in [7, 11) is 8.85. The van der Waals surface area contributed by atoms with Gasteiger partial charge in [-0.2, -0.15) is 0 Å². The summed E-state index contributed by atoms with van der Waals surface area (Å²) in [5, 5.41) is 22.0. The Kier molecular flexibility index (Phi) is 18.6. The maximum Gasteiger partial charge on any atom is 0.234 e. The lowest BCUT2D eigenvalue weighted by Crippen LogP contribution is -2.48. The largest absolute Gasteiger partial charge is 0.349 e. The topological polar surface area (TPSA) is 227 Å². The standard InChI is InChI=1S/C77H99N15O3/c1-89-43-68(88-74(95)44-89)58-13-5-11-46-39-83-53(36-61(46)58)22-27-91(3)70-19-17-56(59-14-8-24-81-76(59)70)48-29-50-41-85-55(38-63(50)65(31-48)67-33-52(79)35-73(94)87-67)42-92(4)71-20-18-57(60-15-9-25-82-77(60)71)47-28-49-40-84-54(37-62(49)64(30-47)66-32-51(78)34-72(93)86-66)21-26-90(2)69-16-6-10-45-12-7-23-80-75(45)69/h5,7-9,11-15,23-25,28-31,51-57,66-71,83-85H,6,10,16-22,26-27,32-44,78-79H2,1-4H3,(H,86,93)(H,87,94)(H,88,95)/t51?,52?,53-,54-,55-,56?,57?,66?,67?,68?,69-,70-,71-/m0/s1. The molecule has 15 rings (SSSR count). The first kappa shape index (κ1) is 64.2. The summed E-state index contributed by atoms with van der Waals surface area (Å²) in [6, 6.07) is 30.4. The molecule has 0 bridgehead atoms. The molecule has 0 saturated carbocycles. The lowest BCUT2D eigenvalue weighted by atomic mass is 9.75. The van der Waals surface area contributed by atoms with Crippen LogP contribution in [-0.4, -0.2) is 143 Å². The van der Waals surface area contributed by atoms with Crippen molar-refractivity contribution in [3.8, 4) is 0 Å². The molecule has 13 atom stereocenters. The maximum absolute atomic E-state index is 13.4. The van der Waals surface area contributed by atoms with Crippen LogP contribution in [0.5, 0.6) is 0 Å². The molecule has 3 saturated heterocycles. The molecule has 6 aliphatic heterocycles. The number of benzene rings is 3. The number of nitrogens with one attached hydrogen (secondary N) is 6. The lowest BCUT2D eigenvalue weighted by Gasteiger charge is -2.40. The van der Waals surface area contributed by atoms with E-state index in [9.17, 15) is 14.4 Å². The van der Waals surface area contributed by atoms with Crippen LogP contribution in [0.3, 0.4) is 0 Å². The Balaban J connectivity index is 0.638. The van der Waals surface area contributed by atoms with Crippen LogP contribution >= 0.6 is 0 Å². The predicted octanol–water partition coefficient (Wildman–Crippen LogP) is 7.56. The van der Waals surface area contributed by atoms with Gasteiger partial charge in [0.1, 0.15) is 0 Å². The number of nitrogens with two attached hydrogens (primary N) is 2. The number of hydrogen-bond donors (Lipinski definition) is 8. The van der Waals surface area contributed by atoms with Crippen LogP contribution in [0.1, 0.15) is 220 Å². The number of amides is 3. The van der Waals surface area contributed by atoms with Gasteiger partial charge in [0.15, 0.2) is 0 Å². The third kappa shape index (κ3) is 13.4. The quantitative estimate of drug-likeness (QED) is 0.0468. The van der Waals surface area contributed by atoms with E-state index in [0.29, 0.717) is 43.9 Å². The molecule has 3 amide bonds. The third-order valence-electron chi connectivity index (χ3n) is 23.5. The zero-order valence-electron chi connectivity index (χ0n) is 56.2. The number of piperazine rings is 1. The van der Waals surface area contributed by atoms with Gasteiger partial charge in [-0.05, 0) is 227 Å². The molecule has 3 aromatic heterocycles. The Hall–Kier alpha value is -6.84. The van der Waals surface area contributed by atoms with Gasteiger partial charge in [-0.1, -0.05) is 60.7 Å². The molecule has 0 radical (unpaired) electrons. The average molecular weight is 1280 g/mol. The molecular weight excluding hydrogens is 1180 g/mol. The molecule has 500 valence electrons. The van der Waals surface area contributed by atoms with Crippen molar-refractivity contribution in [2.45, 2.75) is 201 Å². The number of piperidine rings is 2. The molecule has 0 spiro atoms. The van der Waals surface area contributed by atoms with Crippen LogP contribution < -0.4 is 43.4 Å². The van der Waals surface area contributed by atoms with Crippen molar-refractivity contribution in [1.29, 1.82) is 0 Å². The van der Waals surface area contributed by atoms with Crippen molar-refractivity contribution in [2.75, 3.05) is 60.9 Å². The molecule has 18 nitrogen and oxygen atoms in total. The number of nitrogens with zero attached hydrogens (tertiary/aromatic N) is 7. The van der Waals surface area contributed by atoms with Gasteiger partial charge in [-0.25, -0.2) is 0 Å². The van der Waals surface area contributed by atoms with E-state index >= 15 is 0 Å². The van der Waals surface area contributed by atoms with Crippen molar-refractivity contribution in [3.05, 3.63) is 192 Å². The van der Waals surface area contributed by atoms with E-state index in [2.05, 4.69) is 152 Å². The highest BCUT2D eigenvalue weighted by atomic mass is 16.2. The van der Waals surface area contributed by atoms with Crippen LogP contribution in [-0.2, 0) is 59.7 Å². The number of hydrogen-bond acceptors (Lipinski definition) is 15. The van der Waals surface area contributed by atoms with E-state index in [1.807, 2.05) is 25.6 Å². The highest BCUT2D eigenvalue weighted by Gasteiger charge is 2.40. The monoisotopic (exact) mass is 1280 g/mol. The number of carbonyl (C=O) groups excluding carboxylic acids is 3. The van der Waals surface area contributed by atoms with E-state index in [1.54, 1.807) is 0 Å². The Morgan fingerprint density at radius 1 is 0.495 bits per heavy atom. The molecule has 10 N–H and O–H groups in total. The van der Waals surface area contributed by atoms with Gasteiger partial charge < -0.3 is 43.4 Å². The fraction of sp³-hybridized carbons (Fsp3) is 0.532. The fourth-order valence-corrected chi connectivity index (χ4v) is 18.7. The van der Waals surface area contributed by atoms with Crippen LogP contribution in [0.15, 0.2) is 97.5 Å². The van der Waals surface area contributed by atoms with Crippen molar-refractivity contribution in [1.82, 2.24) is 66.5 Å². The highest BCUT2D eigenvalue weighted by molar-refractivity contribution is 5.80. The lowest BCUT2D eigenvalue weighted by molar-refractivity contribution is -0.125. The van der Waals surface area contributed by atoms with Crippen LogP contribution in [0.4, 0.5) is 0 Å². The first-order valence-corrected chi connectivity index (χ1v) is 35.9. The normalized spacial score (nSPS) is 29.1. The molecule has 7 unspecified atom stereocenters. The minimum absolute atomic E-state index is 0.00550. The Morgan fingerprint density at radius 3 is 1.56 bits per heavy atom. The van der Waals surface area contributed by atoms with Crippen molar-refractivity contribution >= 4 is 17.7 Å². The summed E-state index contributed by atoms with van der Waals surface area (Å²) in [5.41, 5.74) is 35.3. The minimum Gasteiger partial charge on any atom is -0.349 e. The van der Waals surface area contributed by atoms with Gasteiger partial charge in [0.2, 0.25) is 17.7 Å². The number of carbonyl (C=O) groups is 3. The molecule has 9 aliphatic rings. The SMILES string of the molecule is CN1CC(=O)NC(c2cccc3c2C[C@H](CCN(C)[C@H]2CCC(c4cc5c(c(C6CC(N)CC(=O)N6)c4)C[C@@H](CN(C)[C@H]4CCC(c6cc7c(c(C8CC(N)CC(=O)N8)c6)C[C@H](CCN(C)[C@H]6CCCc8cccnc86)NC7)c6cccnc64)NC5)c4cccnc42)NC3)C1. The third-order valence-corrected chi connectivity index (χ3v) is 23.5. The van der Waals surface area contributed by atoms with E-state index in [1.165, 1.54) is 95.7 Å². The second kappa shape index (κ2) is 27.6. The molecule has 3 aliphatic carbocycles. The van der Waals surface area contributed by atoms with Gasteiger partial charge >= 0.3 is 0 Å². The molecule has 18 heteroatoms. The second-order valence-corrected chi connectivity index (χ2v) is 30.0. The van der Waals surface area contributed by atoms with Gasteiger partial charge in [0.25, 0.3) is 0 Å². The molecule has 9 heterocycles. The average Bonchev–Trinajstić information content (AvgIpc) is 0.775. The fourth-order valence-electron chi connectivity index (χ4n) is 18.7. The molecule has 3 aromatic carbocycles. The number of pyridine rings is 3. The van der Waals surface area contributed by atoms with E-state index in [-0.39, 0.29) is 77.9 Å². The number of aromatic nitrogens is 3. The number of likely N-dealkylation sites (N-methyl/N-ethyl adjacent to an activating group) is 2. The molecular formula is C77H99N15O3. The van der Waals surface area contributed by atoms with Gasteiger partial charge in [-0.3, -0.25) is 48.9 Å². The first-order valence-electron chi connectivity index (χ1n) is 35.9. The Bertz CT molecular complexity index is 3840. The van der Waals surface area contributed by atoms with Crippen LogP contribution in [0.25, 0.3) is 0 Å². The Morgan fingerprint density at radius 2 is 0.979 bits per heavy atom. The van der Waals surface area contributed by atoms with E-state index in [4.69, 9.17) is 26.4 Å². The predicted molar refractivity (Wildman–Crippen MR) is 370 cm³/mol. The minimum atomic E-state index is -0.202. The van der Waals surface area contributed by atoms with Crippen molar-refractivity contribution < 1.29 is 14.4 Å². The molecule has 6 aromatic rings. The Labute approximate surface area is 561 Å². The van der Waals surface area contributed by atoms with E-state index in [0.717, 1.165) is 129 Å². The zero-order valence-corrected chi connectivity index (χ0v) is 56.2. The number of fused-ring (bicyclic) bond motifs is 6. The summed E-state index contributed by atoms with van der Waals surface area (Å²) in [4.78, 5) is 64.3. The van der Waals surface area contributed by atoms with E-state index < -0.39 is 0 Å². The van der Waals surface area contributed by atoms with Gasteiger partial charge in [0, 0.05) is 106 Å². The van der Waals surface area contributed by atoms with Crippen LogP contribution in [0, 0.1) is 0 Å². The smallest absolute Gasteiger partial charge is 0.234 e. The maximum atomic E-state index is 13.4. The summed E-state index contributed by atoms with van der Waals surface area (Å²) < 4.78 is 0.